The van der Waals surface area contributed by atoms with Crippen LogP contribution in [0.2, 0.25) is 0 Å². The molecule has 0 amide bonds. The summed E-state index contributed by atoms with van der Waals surface area (Å²) < 4.78 is 0. The SMILES string of the molecule is C=C/C=C\C1=CC=C/C1=C/C. The average Bonchev–Trinajstić information content (AvgIpc) is 2.47. The molecule has 0 aliphatic heterocycles. The first-order chi connectivity index (χ1) is 5.38. The van der Waals surface area contributed by atoms with Crippen molar-refractivity contribution >= 4 is 0 Å². The fraction of sp³-hybridized carbons (Fsp3) is 0.0909. The lowest BCUT2D eigenvalue weighted by molar-refractivity contribution is 1.55. The van der Waals surface area contributed by atoms with E-state index in [-0.39, 0.29) is 0 Å². The molecule has 0 saturated heterocycles. The quantitative estimate of drug-likeness (QED) is 0.522. The third-order valence-electron chi connectivity index (χ3n) is 1.61. The standard InChI is InChI=1S/C11H12/c1-3-5-7-11-9-6-8-10(11)4-2/h3-9H,1H2,2H3/b7-5-,10-4-. The molecule has 1 rings (SSSR count). The molecule has 1 aliphatic carbocycles. The van der Waals surface area contributed by atoms with Crippen molar-refractivity contribution in [3.8, 4) is 0 Å². The van der Waals surface area contributed by atoms with E-state index in [9.17, 15) is 0 Å². The van der Waals surface area contributed by atoms with Crippen LogP contribution in [0.1, 0.15) is 6.92 Å². The Hall–Kier alpha value is -1.30. The highest BCUT2D eigenvalue weighted by atomic mass is 14.0. The molecule has 0 heterocycles. The van der Waals surface area contributed by atoms with Gasteiger partial charge >= 0.3 is 0 Å². The van der Waals surface area contributed by atoms with E-state index in [4.69, 9.17) is 0 Å². The molecule has 0 spiro atoms. The largest absolute Gasteiger partial charge is 0.0991 e. The van der Waals surface area contributed by atoms with Crippen LogP contribution in [-0.2, 0) is 0 Å². The van der Waals surface area contributed by atoms with Gasteiger partial charge in [-0.25, -0.2) is 0 Å². The maximum Gasteiger partial charge on any atom is -0.0187 e. The van der Waals surface area contributed by atoms with Crippen molar-refractivity contribution < 1.29 is 0 Å². The van der Waals surface area contributed by atoms with Gasteiger partial charge < -0.3 is 0 Å². The molecular weight excluding hydrogens is 132 g/mol. The Bertz CT molecular complexity index is 260. The molecule has 0 aromatic heterocycles. The average molecular weight is 144 g/mol. The van der Waals surface area contributed by atoms with Crippen molar-refractivity contribution in [1.82, 2.24) is 0 Å². The topological polar surface area (TPSA) is 0 Å². The number of hydrogen-bond acceptors (Lipinski definition) is 0. The first-order valence-electron chi connectivity index (χ1n) is 3.72. The van der Waals surface area contributed by atoms with Crippen LogP contribution in [0, 0.1) is 0 Å². The van der Waals surface area contributed by atoms with Crippen molar-refractivity contribution in [2.24, 2.45) is 0 Å². The second-order valence-corrected chi connectivity index (χ2v) is 2.32. The Morgan fingerprint density at radius 1 is 1.45 bits per heavy atom. The fourth-order valence-corrected chi connectivity index (χ4v) is 1.03. The molecule has 0 nitrogen and oxygen atoms in total. The predicted octanol–water partition coefficient (Wildman–Crippen LogP) is 3.17. The molecule has 56 valence electrons. The van der Waals surface area contributed by atoms with E-state index in [0.29, 0.717) is 0 Å². The van der Waals surface area contributed by atoms with Crippen LogP contribution in [0.3, 0.4) is 0 Å². The molecule has 0 N–H and O–H groups in total. The molecule has 0 radical (unpaired) electrons. The minimum absolute atomic E-state index is 1.26. The van der Waals surface area contributed by atoms with Crippen molar-refractivity contribution in [2.45, 2.75) is 6.92 Å². The van der Waals surface area contributed by atoms with Crippen LogP contribution in [-0.4, -0.2) is 0 Å². The molecule has 0 bridgehead atoms. The summed E-state index contributed by atoms with van der Waals surface area (Å²) in [5, 5.41) is 0. The van der Waals surface area contributed by atoms with Crippen LogP contribution in [0.15, 0.2) is 60.3 Å². The lowest BCUT2D eigenvalue weighted by Crippen LogP contribution is -1.75. The summed E-state index contributed by atoms with van der Waals surface area (Å²) in [6.45, 7) is 5.66. The Balaban J connectivity index is 2.76. The maximum absolute atomic E-state index is 3.62. The molecule has 0 heteroatoms. The lowest BCUT2D eigenvalue weighted by atomic mass is 10.1. The minimum atomic E-state index is 1.26. The van der Waals surface area contributed by atoms with Gasteiger partial charge in [0.25, 0.3) is 0 Å². The zero-order valence-corrected chi connectivity index (χ0v) is 6.75. The van der Waals surface area contributed by atoms with E-state index in [1.54, 1.807) is 6.08 Å². The van der Waals surface area contributed by atoms with Crippen LogP contribution < -0.4 is 0 Å². The Labute approximate surface area is 67.9 Å². The first-order valence-corrected chi connectivity index (χ1v) is 3.72. The molecular formula is C11H12. The summed E-state index contributed by atoms with van der Waals surface area (Å²) in [4.78, 5) is 0. The van der Waals surface area contributed by atoms with Gasteiger partial charge in [0.15, 0.2) is 0 Å². The monoisotopic (exact) mass is 144 g/mol. The number of hydrogen-bond donors (Lipinski definition) is 0. The molecule has 0 unspecified atom stereocenters. The summed E-state index contributed by atoms with van der Waals surface area (Å²) in [6.07, 6.45) is 14.1. The first kappa shape index (κ1) is 7.80. The lowest BCUT2D eigenvalue weighted by Gasteiger charge is -1.94. The highest BCUT2D eigenvalue weighted by Gasteiger charge is 1.99. The summed E-state index contributed by atoms with van der Waals surface area (Å²) in [5.74, 6) is 0. The number of rotatable bonds is 2. The van der Waals surface area contributed by atoms with Gasteiger partial charge in [-0.2, -0.15) is 0 Å². The van der Waals surface area contributed by atoms with Gasteiger partial charge in [-0.3, -0.25) is 0 Å². The van der Waals surface area contributed by atoms with E-state index < -0.39 is 0 Å². The van der Waals surface area contributed by atoms with E-state index in [1.165, 1.54) is 11.1 Å². The van der Waals surface area contributed by atoms with Crippen LogP contribution in [0.5, 0.6) is 0 Å². The molecule has 0 aromatic rings. The Kier molecular flexibility index (Phi) is 2.67. The summed E-state index contributed by atoms with van der Waals surface area (Å²) in [5.41, 5.74) is 2.54. The predicted molar refractivity (Wildman–Crippen MR) is 50.3 cm³/mol. The van der Waals surface area contributed by atoms with E-state index in [0.717, 1.165) is 0 Å². The van der Waals surface area contributed by atoms with Gasteiger partial charge in [0.05, 0.1) is 0 Å². The Morgan fingerprint density at radius 2 is 2.27 bits per heavy atom. The summed E-state index contributed by atoms with van der Waals surface area (Å²) in [6, 6.07) is 0. The van der Waals surface area contributed by atoms with Gasteiger partial charge in [0.2, 0.25) is 0 Å². The zero-order valence-electron chi connectivity index (χ0n) is 6.75. The molecule has 1 aliphatic rings. The van der Waals surface area contributed by atoms with Gasteiger partial charge in [0, 0.05) is 0 Å². The van der Waals surface area contributed by atoms with Crippen LogP contribution >= 0.6 is 0 Å². The summed E-state index contributed by atoms with van der Waals surface area (Å²) in [7, 11) is 0. The second kappa shape index (κ2) is 3.77. The van der Waals surface area contributed by atoms with Gasteiger partial charge in [-0.15, -0.1) is 0 Å². The van der Waals surface area contributed by atoms with Crippen LogP contribution in [0.25, 0.3) is 0 Å². The van der Waals surface area contributed by atoms with Crippen molar-refractivity contribution in [3.05, 3.63) is 60.3 Å². The third kappa shape index (κ3) is 1.81. The van der Waals surface area contributed by atoms with Crippen molar-refractivity contribution in [2.75, 3.05) is 0 Å². The smallest absolute Gasteiger partial charge is 0.0187 e. The maximum atomic E-state index is 3.62. The van der Waals surface area contributed by atoms with Crippen molar-refractivity contribution in [1.29, 1.82) is 0 Å². The normalized spacial score (nSPS) is 19.7. The molecule has 11 heavy (non-hydrogen) atoms. The molecule has 0 atom stereocenters. The highest BCUT2D eigenvalue weighted by Crippen LogP contribution is 2.18. The number of allylic oxidation sites excluding steroid dienone is 9. The highest BCUT2D eigenvalue weighted by molar-refractivity contribution is 5.53. The molecule has 0 fully saturated rings. The summed E-state index contributed by atoms with van der Waals surface area (Å²) >= 11 is 0. The third-order valence-corrected chi connectivity index (χ3v) is 1.61. The fourth-order valence-electron chi connectivity index (χ4n) is 1.03. The molecule has 0 saturated carbocycles. The minimum Gasteiger partial charge on any atom is -0.0991 e. The van der Waals surface area contributed by atoms with E-state index in [1.807, 2.05) is 13.0 Å². The van der Waals surface area contributed by atoms with Gasteiger partial charge in [-0.1, -0.05) is 49.1 Å². The van der Waals surface area contributed by atoms with Crippen molar-refractivity contribution in [3.63, 3.8) is 0 Å². The van der Waals surface area contributed by atoms with Gasteiger partial charge in [0.1, 0.15) is 0 Å². The van der Waals surface area contributed by atoms with E-state index in [2.05, 4.69) is 37.0 Å². The zero-order chi connectivity index (χ0) is 8.10. The van der Waals surface area contributed by atoms with Gasteiger partial charge in [-0.05, 0) is 18.1 Å². The second-order valence-electron chi connectivity index (χ2n) is 2.32. The van der Waals surface area contributed by atoms with E-state index >= 15 is 0 Å². The van der Waals surface area contributed by atoms with Crippen LogP contribution in [0.4, 0.5) is 0 Å². The molecule has 0 aromatic carbocycles. The Morgan fingerprint density at radius 3 is 2.91 bits per heavy atom.